The van der Waals surface area contributed by atoms with Crippen LogP contribution in [-0.4, -0.2) is 56.3 Å². The number of likely N-dealkylation sites (N-methyl/N-ethyl adjacent to an activating group) is 1. The zero-order valence-corrected chi connectivity index (χ0v) is 20.9. The summed E-state index contributed by atoms with van der Waals surface area (Å²) >= 11 is 0. The number of halogens is 1. The third kappa shape index (κ3) is 4.30. The molecule has 0 unspecified atom stereocenters. The van der Waals surface area contributed by atoms with Crippen LogP contribution >= 0.6 is 0 Å². The van der Waals surface area contributed by atoms with Gasteiger partial charge in [0.1, 0.15) is 23.1 Å². The predicted octanol–water partition coefficient (Wildman–Crippen LogP) is 4.42. The molecule has 8 nitrogen and oxygen atoms in total. The minimum absolute atomic E-state index is 0.00746. The number of hydrogen-bond donors (Lipinski definition) is 1. The van der Waals surface area contributed by atoms with Crippen molar-refractivity contribution in [2.45, 2.75) is 26.1 Å². The normalized spacial score (nSPS) is 16.0. The van der Waals surface area contributed by atoms with E-state index in [4.69, 9.17) is 9.47 Å². The number of rotatable bonds is 7. The zero-order chi connectivity index (χ0) is 25.4. The lowest BCUT2D eigenvalue weighted by Gasteiger charge is -2.47. The summed E-state index contributed by atoms with van der Waals surface area (Å²) in [6.45, 7) is 4.07. The van der Waals surface area contributed by atoms with Gasteiger partial charge in [-0.1, -0.05) is 12.1 Å². The number of methoxy groups -OCH3 is 2. The molecule has 3 aromatic rings. The van der Waals surface area contributed by atoms with Crippen LogP contribution in [0.1, 0.15) is 16.7 Å². The average Bonchev–Trinajstić information content (AvgIpc) is 2.86. The van der Waals surface area contributed by atoms with E-state index < -0.39 is 5.82 Å². The summed E-state index contributed by atoms with van der Waals surface area (Å²) in [5.41, 5.74) is 3.67. The Labute approximate surface area is 210 Å². The third-order valence-corrected chi connectivity index (χ3v) is 6.81. The zero-order valence-electron chi connectivity index (χ0n) is 20.9. The van der Waals surface area contributed by atoms with Crippen LogP contribution in [0.2, 0.25) is 0 Å². The number of carbonyl (C=O) groups excluding carboxylic acids is 1. The maximum absolute atomic E-state index is 14.8. The van der Waals surface area contributed by atoms with Gasteiger partial charge in [-0.05, 0) is 37.7 Å². The Hall–Kier alpha value is -3.85. The van der Waals surface area contributed by atoms with Gasteiger partial charge in [-0.15, -0.1) is 0 Å². The fourth-order valence-corrected chi connectivity index (χ4v) is 4.89. The topological polar surface area (TPSA) is 70.2 Å². The summed E-state index contributed by atoms with van der Waals surface area (Å²) in [7, 11) is 5.26. The lowest BCUT2D eigenvalue weighted by molar-refractivity contribution is 0.180. The molecule has 1 aromatic heterocycles. The molecule has 2 aliphatic heterocycles. The SMILES string of the molecule is COc1ccc(CNc2cc3c(cn2)CN(c2c(C)cccc2F)C(=O)N3C2CN(C)C2)c(OC)c1. The second-order valence-corrected chi connectivity index (χ2v) is 9.25. The van der Waals surface area contributed by atoms with Gasteiger partial charge >= 0.3 is 6.03 Å². The van der Waals surface area contributed by atoms with Crippen LogP contribution in [0.3, 0.4) is 0 Å². The molecular formula is C27H30FN5O3. The van der Waals surface area contributed by atoms with Crippen molar-refractivity contribution < 1.29 is 18.7 Å². The molecule has 1 saturated heterocycles. The Morgan fingerprint density at radius 1 is 1.14 bits per heavy atom. The summed E-state index contributed by atoms with van der Waals surface area (Å²) in [4.78, 5) is 23.8. The molecule has 188 valence electrons. The molecule has 0 atom stereocenters. The highest BCUT2D eigenvalue weighted by molar-refractivity contribution is 6.07. The molecule has 1 fully saturated rings. The van der Waals surface area contributed by atoms with E-state index in [0.717, 1.165) is 41.2 Å². The Morgan fingerprint density at radius 3 is 2.64 bits per heavy atom. The summed E-state index contributed by atoms with van der Waals surface area (Å²) in [5.74, 6) is 1.67. The number of likely N-dealkylation sites (tertiary alicyclic amines) is 1. The number of nitrogens with zero attached hydrogens (tertiary/aromatic N) is 4. The molecular weight excluding hydrogens is 461 g/mol. The van der Waals surface area contributed by atoms with Crippen LogP contribution < -0.4 is 24.6 Å². The largest absolute Gasteiger partial charge is 0.497 e. The quantitative estimate of drug-likeness (QED) is 0.528. The highest BCUT2D eigenvalue weighted by atomic mass is 19.1. The van der Waals surface area contributed by atoms with E-state index in [1.165, 1.54) is 11.0 Å². The van der Waals surface area contributed by atoms with E-state index in [1.807, 2.05) is 44.3 Å². The van der Waals surface area contributed by atoms with Gasteiger partial charge in [0.05, 0.1) is 38.2 Å². The summed E-state index contributed by atoms with van der Waals surface area (Å²) in [6.07, 6.45) is 1.77. The van der Waals surface area contributed by atoms with Crippen molar-refractivity contribution in [2.75, 3.05) is 49.5 Å². The Morgan fingerprint density at radius 2 is 1.94 bits per heavy atom. The number of pyridine rings is 1. The molecule has 2 aromatic carbocycles. The maximum atomic E-state index is 14.8. The standard InChI is InChI=1S/C27H30FN5O3/c1-17-6-5-7-22(28)26(17)32-14-19-13-30-25(11-23(19)33(27(32)34)20-15-31(2)16-20)29-12-18-8-9-21(35-3)10-24(18)36-4/h5-11,13,20H,12,14-16H2,1-4H3,(H,29,30). The minimum atomic E-state index is -0.405. The second-order valence-electron chi connectivity index (χ2n) is 9.25. The second kappa shape index (κ2) is 9.66. The summed E-state index contributed by atoms with van der Waals surface area (Å²) in [5, 5.41) is 3.35. The first kappa shape index (κ1) is 23.9. The van der Waals surface area contributed by atoms with Crippen LogP contribution in [0.15, 0.2) is 48.7 Å². The number of para-hydroxylation sites is 1. The number of benzene rings is 2. The molecule has 0 spiro atoms. The number of ether oxygens (including phenoxy) is 2. The third-order valence-electron chi connectivity index (χ3n) is 6.81. The highest BCUT2D eigenvalue weighted by Crippen LogP contribution is 2.38. The molecule has 1 N–H and O–H groups in total. The monoisotopic (exact) mass is 491 g/mol. The number of fused-ring (bicyclic) bond motifs is 1. The van der Waals surface area contributed by atoms with E-state index in [9.17, 15) is 9.18 Å². The van der Waals surface area contributed by atoms with Crippen LogP contribution in [0, 0.1) is 12.7 Å². The van der Waals surface area contributed by atoms with Crippen LogP contribution in [0.25, 0.3) is 0 Å². The molecule has 2 amide bonds. The van der Waals surface area contributed by atoms with Gasteiger partial charge in [0.25, 0.3) is 0 Å². The molecule has 36 heavy (non-hydrogen) atoms. The van der Waals surface area contributed by atoms with Crippen LogP contribution in [0.4, 0.5) is 26.4 Å². The number of carbonyl (C=O) groups is 1. The van der Waals surface area contributed by atoms with Gasteiger partial charge in [-0.3, -0.25) is 9.80 Å². The number of anilines is 3. The van der Waals surface area contributed by atoms with Gasteiger partial charge in [-0.25, -0.2) is 14.2 Å². The Balaban J connectivity index is 1.45. The summed E-state index contributed by atoms with van der Waals surface area (Å²) < 4.78 is 25.6. The lowest BCUT2D eigenvalue weighted by Crippen LogP contribution is -2.63. The fourth-order valence-electron chi connectivity index (χ4n) is 4.89. The van der Waals surface area contributed by atoms with Gasteiger partial charge in [-0.2, -0.15) is 0 Å². The Bertz CT molecular complexity index is 1270. The molecule has 0 saturated carbocycles. The van der Waals surface area contributed by atoms with Crippen molar-refractivity contribution in [1.82, 2.24) is 9.88 Å². The number of amides is 2. The van der Waals surface area contributed by atoms with Crippen molar-refractivity contribution in [1.29, 1.82) is 0 Å². The number of nitrogens with one attached hydrogen (secondary N) is 1. The highest BCUT2D eigenvalue weighted by Gasteiger charge is 2.41. The summed E-state index contributed by atoms with van der Waals surface area (Å²) in [6, 6.07) is 12.2. The predicted molar refractivity (Wildman–Crippen MR) is 138 cm³/mol. The van der Waals surface area contributed by atoms with Crippen molar-refractivity contribution in [3.05, 3.63) is 71.2 Å². The molecule has 0 bridgehead atoms. The van der Waals surface area contributed by atoms with Crippen molar-refractivity contribution in [2.24, 2.45) is 0 Å². The molecule has 2 aliphatic rings. The number of aromatic nitrogens is 1. The lowest BCUT2D eigenvalue weighted by atomic mass is 10.0. The number of aryl methyl sites for hydroxylation is 1. The van der Waals surface area contributed by atoms with Crippen LogP contribution in [-0.2, 0) is 13.1 Å². The smallest absolute Gasteiger partial charge is 0.329 e. The van der Waals surface area contributed by atoms with Gasteiger partial charge < -0.3 is 19.7 Å². The first-order valence-corrected chi connectivity index (χ1v) is 11.9. The van der Waals surface area contributed by atoms with Gasteiger partial charge in [0.2, 0.25) is 0 Å². The van der Waals surface area contributed by atoms with Crippen molar-refractivity contribution in [3.63, 3.8) is 0 Å². The average molecular weight is 492 g/mol. The first-order valence-electron chi connectivity index (χ1n) is 11.9. The molecule has 0 aliphatic carbocycles. The Kier molecular flexibility index (Phi) is 6.40. The maximum Gasteiger partial charge on any atom is 0.329 e. The van der Waals surface area contributed by atoms with E-state index >= 15 is 0 Å². The van der Waals surface area contributed by atoms with Gasteiger partial charge in [0, 0.05) is 49.1 Å². The van der Waals surface area contributed by atoms with Gasteiger partial charge in [0.15, 0.2) is 0 Å². The minimum Gasteiger partial charge on any atom is -0.497 e. The van der Waals surface area contributed by atoms with E-state index in [1.54, 1.807) is 31.4 Å². The van der Waals surface area contributed by atoms with Crippen molar-refractivity contribution >= 4 is 23.2 Å². The van der Waals surface area contributed by atoms with Crippen LogP contribution in [0.5, 0.6) is 11.5 Å². The van der Waals surface area contributed by atoms with E-state index in [2.05, 4.69) is 15.2 Å². The molecule has 9 heteroatoms. The number of hydrogen-bond acceptors (Lipinski definition) is 6. The van der Waals surface area contributed by atoms with E-state index in [0.29, 0.717) is 23.8 Å². The first-order chi connectivity index (χ1) is 17.4. The van der Waals surface area contributed by atoms with E-state index in [-0.39, 0.29) is 18.6 Å². The number of urea groups is 1. The molecule has 0 radical (unpaired) electrons. The molecule has 5 rings (SSSR count). The molecule has 3 heterocycles. The fraction of sp³-hybridized carbons (Fsp3) is 0.333. The van der Waals surface area contributed by atoms with Crippen molar-refractivity contribution in [3.8, 4) is 11.5 Å².